The minimum atomic E-state index is 0.998. The number of fused-ring (bicyclic) bond motifs is 4. The number of rotatable bonds is 15. The lowest BCUT2D eigenvalue weighted by Gasteiger charge is -2.15. The van der Waals surface area contributed by atoms with Gasteiger partial charge in [0.2, 0.25) is 0 Å². The maximum Gasteiger partial charge on any atom is 0.0762 e. The molecule has 2 aromatic heterocycles. The van der Waals surface area contributed by atoms with Crippen molar-refractivity contribution in [2.45, 2.75) is 78.1 Å². The van der Waals surface area contributed by atoms with Crippen molar-refractivity contribution in [2.75, 3.05) is 23.7 Å². The fourth-order valence-corrected chi connectivity index (χ4v) is 6.64. The molecular weight excluding hydrogens is 536 g/mol. The van der Waals surface area contributed by atoms with E-state index in [-0.39, 0.29) is 0 Å². The maximum atomic E-state index is 5.01. The van der Waals surface area contributed by atoms with E-state index in [0.717, 1.165) is 48.0 Å². The number of nitrogens with one attached hydrogen (secondary N) is 2. The van der Waals surface area contributed by atoms with Crippen molar-refractivity contribution in [3.05, 3.63) is 96.1 Å². The van der Waals surface area contributed by atoms with Gasteiger partial charge in [0.05, 0.1) is 33.4 Å². The smallest absolute Gasteiger partial charge is 0.0762 e. The third kappa shape index (κ3) is 6.50. The second-order valence-corrected chi connectivity index (χ2v) is 12.0. The molecule has 0 spiro atoms. The van der Waals surface area contributed by atoms with Crippen LogP contribution in [-0.4, -0.2) is 23.1 Å². The molecule has 0 aliphatic carbocycles. The second kappa shape index (κ2) is 14.5. The van der Waals surface area contributed by atoms with Gasteiger partial charge >= 0.3 is 0 Å². The molecule has 0 fully saturated rings. The number of unbranched alkanes of at least 4 members (excludes halogenated alkanes) is 7. The quantitative estimate of drug-likeness (QED) is 0.0934. The summed E-state index contributed by atoms with van der Waals surface area (Å²) >= 11 is 0. The lowest BCUT2D eigenvalue weighted by molar-refractivity contribution is 0.577. The average Bonchev–Trinajstić information content (AvgIpc) is 3.07. The van der Waals surface area contributed by atoms with E-state index in [1.807, 2.05) is 0 Å². The highest BCUT2D eigenvalue weighted by atomic mass is 14.9. The third-order valence-corrected chi connectivity index (χ3v) is 9.06. The molecule has 0 unspecified atom stereocenters. The van der Waals surface area contributed by atoms with E-state index in [0.29, 0.717) is 0 Å². The van der Waals surface area contributed by atoms with Gasteiger partial charge < -0.3 is 10.6 Å². The summed E-state index contributed by atoms with van der Waals surface area (Å²) in [6, 6.07) is 30.2. The number of nitrogens with zero attached hydrogens (tertiary/aromatic N) is 2. The van der Waals surface area contributed by atoms with Crippen molar-refractivity contribution >= 4 is 55.0 Å². The van der Waals surface area contributed by atoms with Crippen LogP contribution in [0.3, 0.4) is 0 Å². The summed E-state index contributed by atoms with van der Waals surface area (Å²) in [6.45, 7) is 6.43. The first-order valence-electron chi connectivity index (χ1n) is 16.9. The van der Waals surface area contributed by atoms with Crippen LogP contribution < -0.4 is 10.6 Å². The van der Waals surface area contributed by atoms with Gasteiger partial charge in [-0.3, -0.25) is 0 Å². The fourth-order valence-electron chi connectivity index (χ4n) is 6.64. The summed E-state index contributed by atoms with van der Waals surface area (Å²) in [6.07, 6.45) is 12.2. The Morgan fingerprint density at radius 3 is 1.25 bits per heavy atom. The van der Waals surface area contributed by atoms with Crippen LogP contribution in [0.25, 0.3) is 43.6 Å². The first kappa shape index (κ1) is 29.9. The highest BCUT2D eigenvalue weighted by Crippen LogP contribution is 2.34. The van der Waals surface area contributed by atoms with Crippen LogP contribution in [0, 0.1) is 0 Å². The number of para-hydroxylation sites is 4. The zero-order valence-electron chi connectivity index (χ0n) is 26.5. The molecule has 2 heterocycles. The van der Waals surface area contributed by atoms with Gasteiger partial charge in [0.25, 0.3) is 0 Å². The molecule has 0 amide bonds. The first-order chi connectivity index (χ1) is 21.8. The predicted octanol–water partition coefficient (Wildman–Crippen LogP) is 10.9. The van der Waals surface area contributed by atoms with E-state index in [2.05, 4.69) is 109 Å². The molecule has 6 rings (SSSR count). The van der Waals surface area contributed by atoms with Crippen molar-refractivity contribution < 1.29 is 0 Å². The van der Waals surface area contributed by atoms with E-state index < -0.39 is 0 Å². The Morgan fingerprint density at radius 2 is 0.818 bits per heavy atom. The highest BCUT2D eigenvalue weighted by Gasteiger charge is 2.12. The lowest BCUT2D eigenvalue weighted by Crippen LogP contribution is -2.04. The van der Waals surface area contributed by atoms with E-state index in [4.69, 9.17) is 9.97 Å². The van der Waals surface area contributed by atoms with Gasteiger partial charge in [-0.25, -0.2) is 9.97 Å². The zero-order valence-corrected chi connectivity index (χ0v) is 26.5. The molecule has 44 heavy (non-hydrogen) atoms. The van der Waals surface area contributed by atoms with Crippen LogP contribution in [0.1, 0.15) is 76.3 Å². The zero-order chi connectivity index (χ0) is 30.1. The molecule has 0 aliphatic heterocycles. The molecular formula is C40H46N4. The molecule has 6 aromatic rings. The van der Waals surface area contributed by atoms with Gasteiger partial charge in [-0.05, 0) is 48.9 Å². The van der Waals surface area contributed by atoms with E-state index in [1.165, 1.54) is 95.4 Å². The topological polar surface area (TPSA) is 49.8 Å². The standard InChI is InChI=1S/C40H46N4/c1-3-29-19-17-23-33-37(29)43-35-25-13-11-21-31(35)39(33)41-27-15-9-7-5-6-8-10-16-28-42-40-32-22-12-14-26-36(32)44-38-30(4-2)20-18-24-34(38)40/h11-14,17-26H,3-10,15-16,27-28H2,1-2H3,(H,41,43)(H,42,44). The van der Waals surface area contributed by atoms with Crippen molar-refractivity contribution in [2.24, 2.45) is 0 Å². The molecule has 0 saturated carbocycles. The molecule has 0 aliphatic rings. The summed E-state index contributed by atoms with van der Waals surface area (Å²) in [5.41, 5.74) is 9.55. The SMILES string of the molecule is CCc1cccc2c(NCCCCCCCCCCNc3c4ccccc4nc4c(CC)cccc34)c3ccccc3nc12. The van der Waals surface area contributed by atoms with Crippen LogP contribution in [0.4, 0.5) is 11.4 Å². The second-order valence-electron chi connectivity index (χ2n) is 12.0. The largest absolute Gasteiger partial charge is 0.384 e. The summed E-state index contributed by atoms with van der Waals surface area (Å²) in [5, 5.41) is 12.5. The fraction of sp³-hybridized carbons (Fsp3) is 0.350. The molecule has 2 N–H and O–H groups in total. The molecule has 0 bridgehead atoms. The van der Waals surface area contributed by atoms with Gasteiger partial charge in [-0.2, -0.15) is 0 Å². The number of pyridine rings is 2. The number of benzene rings is 4. The lowest BCUT2D eigenvalue weighted by atomic mass is 10.0. The Morgan fingerprint density at radius 1 is 0.432 bits per heavy atom. The number of anilines is 2. The van der Waals surface area contributed by atoms with Crippen molar-refractivity contribution in [1.29, 1.82) is 0 Å². The number of aromatic nitrogens is 2. The monoisotopic (exact) mass is 582 g/mol. The van der Waals surface area contributed by atoms with Crippen LogP contribution in [0.2, 0.25) is 0 Å². The average molecular weight is 583 g/mol. The van der Waals surface area contributed by atoms with Crippen molar-refractivity contribution in [3.63, 3.8) is 0 Å². The maximum absolute atomic E-state index is 5.01. The van der Waals surface area contributed by atoms with Gasteiger partial charge in [-0.15, -0.1) is 0 Å². The minimum Gasteiger partial charge on any atom is -0.384 e. The van der Waals surface area contributed by atoms with Crippen LogP contribution in [-0.2, 0) is 12.8 Å². The molecule has 0 radical (unpaired) electrons. The van der Waals surface area contributed by atoms with Crippen molar-refractivity contribution in [1.82, 2.24) is 9.97 Å². The summed E-state index contributed by atoms with van der Waals surface area (Å²) in [5.74, 6) is 0. The normalized spacial score (nSPS) is 11.6. The predicted molar refractivity (Wildman–Crippen MR) is 191 cm³/mol. The minimum absolute atomic E-state index is 0.998. The number of hydrogen-bond acceptors (Lipinski definition) is 4. The highest BCUT2D eigenvalue weighted by molar-refractivity contribution is 6.09. The van der Waals surface area contributed by atoms with Gasteiger partial charge in [0.15, 0.2) is 0 Å². The molecule has 4 aromatic carbocycles. The summed E-state index contributed by atoms with van der Waals surface area (Å²) < 4.78 is 0. The van der Waals surface area contributed by atoms with E-state index >= 15 is 0 Å². The van der Waals surface area contributed by atoms with Crippen LogP contribution in [0.15, 0.2) is 84.9 Å². The van der Waals surface area contributed by atoms with Crippen molar-refractivity contribution in [3.8, 4) is 0 Å². The van der Waals surface area contributed by atoms with Crippen LogP contribution in [0.5, 0.6) is 0 Å². The Hall–Kier alpha value is -4.18. The first-order valence-corrected chi connectivity index (χ1v) is 16.9. The van der Waals surface area contributed by atoms with Gasteiger partial charge in [0, 0.05) is 34.6 Å². The van der Waals surface area contributed by atoms with Crippen LogP contribution >= 0.6 is 0 Å². The molecule has 0 atom stereocenters. The molecule has 4 heteroatoms. The Bertz CT molecular complexity index is 1720. The Labute approximate surface area is 262 Å². The third-order valence-electron chi connectivity index (χ3n) is 9.06. The Balaban J connectivity index is 0.929. The number of aryl methyl sites for hydroxylation is 2. The summed E-state index contributed by atoms with van der Waals surface area (Å²) in [4.78, 5) is 10.0. The van der Waals surface area contributed by atoms with Gasteiger partial charge in [-0.1, -0.05) is 125 Å². The molecule has 0 saturated heterocycles. The van der Waals surface area contributed by atoms with E-state index in [9.17, 15) is 0 Å². The van der Waals surface area contributed by atoms with Gasteiger partial charge in [0.1, 0.15) is 0 Å². The Kier molecular flexibility index (Phi) is 9.86. The van der Waals surface area contributed by atoms with E-state index in [1.54, 1.807) is 0 Å². The summed E-state index contributed by atoms with van der Waals surface area (Å²) in [7, 11) is 0. The molecule has 4 nitrogen and oxygen atoms in total. The number of hydrogen-bond donors (Lipinski definition) is 2. The molecule has 226 valence electrons.